The molecule has 18 heteroatoms. The molecule has 6 N–H and O–H groups in total. The van der Waals surface area contributed by atoms with Gasteiger partial charge in [0.1, 0.15) is 63.3 Å². The second-order valence-electron chi connectivity index (χ2n) is 13.3. The lowest BCUT2D eigenvalue weighted by molar-refractivity contribution is -0.271. The van der Waals surface area contributed by atoms with Gasteiger partial charge in [0.25, 0.3) is 0 Å². The van der Waals surface area contributed by atoms with Crippen LogP contribution >= 0.6 is 0 Å². The molecule has 1 heterocycles. The molecular weight excluding hydrogens is 652 g/mol. The van der Waals surface area contributed by atoms with E-state index in [1.165, 1.54) is 17.6 Å². The third kappa shape index (κ3) is 11.4. The van der Waals surface area contributed by atoms with Crippen molar-refractivity contribution in [2.75, 3.05) is 25.0 Å². The minimum Gasteiger partial charge on any atom is -0.479 e. The Morgan fingerprint density at radius 3 is 2.00 bits per heavy atom. The van der Waals surface area contributed by atoms with Gasteiger partial charge in [0.05, 0.1) is 0 Å². The van der Waals surface area contributed by atoms with Gasteiger partial charge in [-0.05, 0) is 43.5 Å². The van der Waals surface area contributed by atoms with Crippen molar-refractivity contribution in [3.63, 3.8) is 0 Å². The van der Waals surface area contributed by atoms with Gasteiger partial charge in [0.2, 0.25) is 24.0 Å². The summed E-state index contributed by atoms with van der Waals surface area (Å²) < 4.78 is 10.6. The number of carboxylic acids is 1. The number of carbonyl (C=O) groups is 4. The van der Waals surface area contributed by atoms with E-state index in [1.54, 1.807) is 17.0 Å². The SMILES string of the molecule is Bc1c(B)c(B)c(C(=O)NCCCCCCN(CCC(=O)Nc2ccc(OC3OC(C(=O)O)C(O)C(O)C3O)cc2)C(=O)CCCC)c(B)c1B. The average molecular weight is 703 g/mol. The van der Waals surface area contributed by atoms with Gasteiger partial charge in [-0.3, -0.25) is 14.4 Å². The van der Waals surface area contributed by atoms with Crippen molar-refractivity contribution in [3.8, 4) is 5.75 Å². The number of carbonyl (C=O) groups excluding carboxylic acids is 3. The Labute approximate surface area is 304 Å². The molecule has 5 atom stereocenters. The Bertz CT molecular complexity index is 1500. The molecule has 5 unspecified atom stereocenters. The van der Waals surface area contributed by atoms with Crippen molar-refractivity contribution >= 4 is 95.9 Å². The summed E-state index contributed by atoms with van der Waals surface area (Å²) in [6.45, 7) is 3.41. The largest absolute Gasteiger partial charge is 0.479 e. The zero-order valence-electron chi connectivity index (χ0n) is 30.7. The molecule has 1 fully saturated rings. The fourth-order valence-electron chi connectivity index (χ4n) is 6.12. The molecule has 0 saturated carbocycles. The van der Waals surface area contributed by atoms with Gasteiger partial charge in [0.15, 0.2) is 6.10 Å². The highest BCUT2D eigenvalue weighted by atomic mass is 16.7. The minimum atomic E-state index is -1.83. The molecule has 2 aromatic carbocycles. The highest BCUT2D eigenvalue weighted by Gasteiger charge is 2.48. The molecule has 13 nitrogen and oxygen atoms in total. The van der Waals surface area contributed by atoms with E-state index < -0.39 is 36.7 Å². The number of nitrogens with zero attached hydrogens (tertiary/aromatic N) is 1. The highest BCUT2D eigenvalue weighted by molar-refractivity contribution is 6.68. The van der Waals surface area contributed by atoms with Crippen LogP contribution in [0.4, 0.5) is 5.69 Å². The summed E-state index contributed by atoms with van der Waals surface area (Å²) in [5, 5.41) is 45.1. The second kappa shape index (κ2) is 19.8. The molecular formula is C33H50B5N3O10. The number of aliphatic hydroxyl groups excluding tert-OH is 3. The van der Waals surface area contributed by atoms with E-state index in [1.807, 2.05) is 22.6 Å². The lowest BCUT2D eigenvalue weighted by Crippen LogP contribution is -2.61. The van der Waals surface area contributed by atoms with Crippen LogP contribution in [0.25, 0.3) is 0 Å². The summed E-state index contributed by atoms with van der Waals surface area (Å²) in [5.41, 5.74) is 6.78. The van der Waals surface area contributed by atoms with Gasteiger partial charge in [0, 0.05) is 43.7 Å². The quantitative estimate of drug-likeness (QED) is 0.0643. The lowest BCUT2D eigenvalue weighted by Gasteiger charge is -2.38. The predicted octanol–water partition coefficient (Wildman–Crippen LogP) is -6.41. The number of ether oxygens (including phenoxy) is 2. The Morgan fingerprint density at radius 1 is 0.784 bits per heavy atom. The van der Waals surface area contributed by atoms with Gasteiger partial charge < -0.3 is 45.4 Å². The summed E-state index contributed by atoms with van der Waals surface area (Å²) in [5.74, 6) is -1.66. The third-order valence-corrected chi connectivity index (χ3v) is 9.78. The molecule has 272 valence electrons. The van der Waals surface area contributed by atoms with Crippen molar-refractivity contribution in [1.82, 2.24) is 10.2 Å². The number of hydrogen-bond donors (Lipinski definition) is 6. The normalized spacial score (nSPS) is 20.0. The zero-order valence-corrected chi connectivity index (χ0v) is 30.7. The van der Waals surface area contributed by atoms with E-state index in [0.29, 0.717) is 25.2 Å². The first-order valence-corrected chi connectivity index (χ1v) is 17.8. The molecule has 3 amide bonds. The molecule has 0 bridgehead atoms. The number of aliphatic hydroxyl groups is 3. The number of aliphatic carboxylic acids is 1. The zero-order chi connectivity index (χ0) is 37.8. The summed E-state index contributed by atoms with van der Waals surface area (Å²) in [7, 11) is 10.2. The number of carboxylic acid groups (broad SMARTS) is 1. The number of nitrogens with one attached hydrogen (secondary N) is 2. The van der Waals surface area contributed by atoms with E-state index in [2.05, 4.69) is 34.2 Å². The van der Waals surface area contributed by atoms with Crippen LogP contribution in [0.2, 0.25) is 0 Å². The van der Waals surface area contributed by atoms with E-state index in [9.17, 15) is 39.6 Å². The number of amides is 3. The molecule has 0 radical (unpaired) electrons. The Morgan fingerprint density at radius 2 is 1.39 bits per heavy atom. The topological polar surface area (TPSA) is 195 Å². The van der Waals surface area contributed by atoms with Gasteiger partial charge in [-0.15, -0.1) is 16.4 Å². The van der Waals surface area contributed by atoms with Crippen LogP contribution in [0.15, 0.2) is 24.3 Å². The Hall–Kier alpha value is -3.72. The predicted molar refractivity (Wildman–Crippen MR) is 209 cm³/mol. The summed E-state index contributed by atoms with van der Waals surface area (Å²) in [4.78, 5) is 51.8. The summed E-state index contributed by atoms with van der Waals surface area (Å²) in [6.07, 6.45) is -3.08. The van der Waals surface area contributed by atoms with Crippen LogP contribution in [0.3, 0.4) is 0 Å². The standard InChI is InChI=1S/C33H50B5N3O10/c1-2-3-8-20(43)41(15-7-5-4-6-14-39-31(47)21-22(34)24(36)26(38)25(37)23(21)35)16-13-19(42)40-17-9-11-18(12-10-17)50-33-29(46)27(44)28(45)30(51-33)32(48)49/h9-12,27-30,33,44-46H,2-8,13-16,34-38H2,1H3,(H,39,47)(H,40,42)(H,48,49). The number of unbranched alkanes of at least 4 members (excludes halogenated alkanes) is 4. The van der Waals surface area contributed by atoms with Crippen LogP contribution in [0.5, 0.6) is 5.75 Å². The van der Waals surface area contributed by atoms with Gasteiger partial charge in [-0.25, -0.2) is 4.79 Å². The van der Waals surface area contributed by atoms with Gasteiger partial charge in [-0.1, -0.05) is 37.1 Å². The first-order chi connectivity index (χ1) is 24.2. The number of anilines is 1. The second-order valence-corrected chi connectivity index (χ2v) is 13.3. The van der Waals surface area contributed by atoms with Crippen LogP contribution in [0, 0.1) is 0 Å². The van der Waals surface area contributed by atoms with Crippen molar-refractivity contribution in [2.24, 2.45) is 0 Å². The van der Waals surface area contributed by atoms with Crippen LogP contribution in [-0.2, 0) is 19.1 Å². The minimum absolute atomic E-state index is 0.0164. The number of benzene rings is 2. The van der Waals surface area contributed by atoms with Crippen molar-refractivity contribution in [3.05, 3.63) is 29.8 Å². The van der Waals surface area contributed by atoms with Crippen molar-refractivity contribution in [1.29, 1.82) is 0 Å². The average Bonchev–Trinajstić information content (AvgIpc) is 3.10. The molecule has 1 aliphatic rings. The Kier molecular flexibility index (Phi) is 16.2. The fraction of sp³-hybridized carbons (Fsp3) is 0.515. The van der Waals surface area contributed by atoms with Crippen LogP contribution in [-0.4, -0.2) is 139 Å². The third-order valence-electron chi connectivity index (χ3n) is 9.78. The van der Waals surface area contributed by atoms with E-state index in [0.717, 1.165) is 65.9 Å². The molecule has 3 rings (SSSR count). The van der Waals surface area contributed by atoms with E-state index >= 15 is 0 Å². The molecule has 51 heavy (non-hydrogen) atoms. The lowest BCUT2D eigenvalue weighted by atomic mass is 9.60. The monoisotopic (exact) mass is 703 g/mol. The van der Waals surface area contributed by atoms with Gasteiger partial charge >= 0.3 is 5.97 Å². The van der Waals surface area contributed by atoms with E-state index in [-0.39, 0.29) is 36.4 Å². The summed E-state index contributed by atoms with van der Waals surface area (Å²) in [6, 6.07) is 6.02. The van der Waals surface area contributed by atoms with E-state index in [4.69, 9.17) is 9.47 Å². The number of rotatable bonds is 18. The molecule has 2 aromatic rings. The fourth-order valence-corrected chi connectivity index (χ4v) is 6.12. The molecule has 0 aromatic heterocycles. The highest BCUT2D eigenvalue weighted by Crippen LogP contribution is 2.25. The summed E-state index contributed by atoms with van der Waals surface area (Å²) >= 11 is 0. The molecule has 1 aliphatic heterocycles. The van der Waals surface area contributed by atoms with Crippen LogP contribution in [0.1, 0.15) is 68.6 Å². The molecule has 0 spiro atoms. The molecule has 0 aliphatic carbocycles. The smallest absolute Gasteiger partial charge is 0.335 e. The number of hydrogen-bond acceptors (Lipinski definition) is 9. The molecule has 1 saturated heterocycles. The maximum absolute atomic E-state index is 13.0. The Balaban J connectivity index is 1.44. The van der Waals surface area contributed by atoms with Crippen LogP contribution < -0.4 is 42.7 Å². The van der Waals surface area contributed by atoms with Crippen molar-refractivity contribution < 1.29 is 49.1 Å². The maximum atomic E-state index is 13.0. The van der Waals surface area contributed by atoms with Crippen molar-refractivity contribution in [2.45, 2.75) is 89.0 Å². The first kappa shape index (κ1) is 41.7. The first-order valence-electron chi connectivity index (χ1n) is 17.8. The van der Waals surface area contributed by atoms with Gasteiger partial charge in [-0.2, -0.15) is 0 Å². The maximum Gasteiger partial charge on any atom is 0.335 e.